The summed E-state index contributed by atoms with van der Waals surface area (Å²) in [5.74, 6) is -1.96. The number of anilines is 1. The number of ether oxygens (including phenoxy) is 1. The molecule has 0 unspecified atom stereocenters. The number of halogens is 2. The number of carbonyl (C=O) groups is 1. The molecule has 2 atom stereocenters. The number of aromatic nitrogens is 1. The lowest BCUT2D eigenvalue weighted by atomic mass is 10.1. The maximum Gasteiger partial charge on any atom is 0.341 e. The van der Waals surface area contributed by atoms with E-state index in [1.807, 2.05) is 11.9 Å². The fraction of sp³-hybridized carbons (Fsp3) is 0.474. The first-order valence-corrected chi connectivity index (χ1v) is 9.09. The van der Waals surface area contributed by atoms with E-state index in [0.29, 0.717) is 13.1 Å². The Balaban J connectivity index is 2.01. The molecule has 2 fully saturated rings. The molecule has 7 nitrogen and oxygen atoms in total. The second-order valence-corrected chi connectivity index (χ2v) is 7.33. The number of fused-ring (bicyclic) bond motifs is 1. The Hall–Kier alpha value is -2.68. The molecule has 1 saturated heterocycles. The predicted octanol–water partition coefficient (Wildman–Crippen LogP) is 1.88. The van der Waals surface area contributed by atoms with Crippen LogP contribution in [0.5, 0.6) is 5.75 Å². The van der Waals surface area contributed by atoms with Gasteiger partial charge in [-0.25, -0.2) is 13.6 Å². The van der Waals surface area contributed by atoms with Crippen LogP contribution in [0.2, 0.25) is 0 Å². The molecule has 0 bridgehead atoms. The average molecular weight is 393 g/mol. The lowest BCUT2D eigenvalue weighted by Gasteiger charge is -2.35. The van der Waals surface area contributed by atoms with Crippen molar-refractivity contribution in [3.63, 3.8) is 0 Å². The van der Waals surface area contributed by atoms with Crippen LogP contribution < -0.4 is 15.1 Å². The van der Waals surface area contributed by atoms with Gasteiger partial charge in [0.15, 0.2) is 11.6 Å². The number of piperazine rings is 1. The van der Waals surface area contributed by atoms with Crippen molar-refractivity contribution in [2.24, 2.45) is 0 Å². The van der Waals surface area contributed by atoms with Crippen LogP contribution in [0, 0.1) is 5.82 Å². The van der Waals surface area contributed by atoms with E-state index >= 15 is 4.39 Å². The summed E-state index contributed by atoms with van der Waals surface area (Å²) in [6.45, 7) is 2.62. The molecule has 1 saturated carbocycles. The number of hydrogen-bond donors (Lipinski definition) is 1. The quantitative estimate of drug-likeness (QED) is 0.855. The standard InChI is InChI=1S/C19H21F2N3O4/c1-22-3-5-23(6-4-22)16-13(21)7-10-15(18(16)28-2)24(14-8-12(14)20)9-11(17(10)25)19(26)27/h7,9,12,14H,3-6,8H2,1-2H3,(H,26,27)/t12-,14-/m0/s1. The summed E-state index contributed by atoms with van der Waals surface area (Å²) in [5.41, 5.74) is -0.870. The van der Waals surface area contributed by atoms with Gasteiger partial charge in [0.1, 0.15) is 17.4 Å². The van der Waals surface area contributed by atoms with Gasteiger partial charge in [-0.05, 0) is 13.1 Å². The molecular formula is C19H21F2N3O4. The highest BCUT2D eigenvalue weighted by molar-refractivity contribution is 5.97. The second kappa shape index (κ2) is 6.73. The summed E-state index contributed by atoms with van der Waals surface area (Å²) < 4.78 is 35.9. The van der Waals surface area contributed by atoms with Crippen LogP contribution in [-0.2, 0) is 0 Å². The number of nitrogens with zero attached hydrogens (tertiary/aromatic N) is 3. The maximum absolute atomic E-state index is 15.1. The van der Waals surface area contributed by atoms with Crippen molar-refractivity contribution in [2.75, 3.05) is 45.2 Å². The Kier molecular flexibility index (Phi) is 4.49. The zero-order chi connectivity index (χ0) is 20.2. The van der Waals surface area contributed by atoms with Gasteiger partial charge in [0.25, 0.3) is 0 Å². The topological polar surface area (TPSA) is 75.0 Å². The summed E-state index contributed by atoms with van der Waals surface area (Å²) >= 11 is 0. The Labute approximate surface area is 159 Å². The zero-order valence-electron chi connectivity index (χ0n) is 15.6. The number of carboxylic acids is 1. The third-order valence-corrected chi connectivity index (χ3v) is 5.49. The van der Waals surface area contributed by atoms with Gasteiger partial charge in [-0.3, -0.25) is 4.79 Å². The van der Waals surface area contributed by atoms with Crippen LogP contribution in [0.4, 0.5) is 14.5 Å². The van der Waals surface area contributed by atoms with Gasteiger partial charge in [-0.15, -0.1) is 0 Å². The number of rotatable bonds is 4. The molecular weight excluding hydrogens is 372 g/mol. The van der Waals surface area contributed by atoms with E-state index in [0.717, 1.165) is 25.4 Å². The Bertz CT molecular complexity index is 1010. The van der Waals surface area contributed by atoms with Gasteiger partial charge in [-0.2, -0.15) is 0 Å². The fourth-order valence-corrected chi connectivity index (χ4v) is 3.82. The minimum absolute atomic E-state index is 0.119. The lowest BCUT2D eigenvalue weighted by molar-refractivity contribution is 0.0694. The molecule has 0 amide bonds. The van der Waals surface area contributed by atoms with Gasteiger partial charge in [0, 0.05) is 38.8 Å². The van der Waals surface area contributed by atoms with E-state index in [2.05, 4.69) is 4.90 Å². The Morgan fingerprint density at radius 2 is 1.93 bits per heavy atom. The van der Waals surface area contributed by atoms with E-state index in [9.17, 15) is 19.1 Å². The molecule has 4 rings (SSSR count). The molecule has 28 heavy (non-hydrogen) atoms. The second-order valence-electron chi connectivity index (χ2n) is 7.33. The number of hydrogen-bond acceptors (Lipinski definition) is 5. The minimum atomic E-state index is -1.43. The highest BCUT2D eigenvalue weighted by Crippen LogP contribution is 2.45. The molecule has 0 spiro atoms. The Morgan fingerprint density at radius 3 is 2.46 bits per heavy atom. The molecule has 1 aliphatic heterocycles. The van der Waals surface area contributed by atoms with Crippen molar-refractivity contribution in [1.29, 1.82) is 0 Å². The Morgan fingerprint density at radius 1 is 1.29 bits per heavy atom. The molecule has 1 aromatic heterocycles. The lowest BCUT2D eigenvalue weighted by Crippen LogP contribution is -2.45. The fourth-order valence-electron chi connectivity index (χ4n) is 3.82. The van der Waals surface area contributed by atoms with Crippen molar-refractivity contribution in [3.05, 3.63) is 33.9 Å². The van der Waals surface area contributed by atoms with Gasteiger partial charge in [0.2, 0.25) is 5.43 Å². The maximum atomic E-state index is 15.1. The van der Waals surface area contributed by atoms with Crippen LogP contribution in [-0.4, -0.2) is 67.1 Å². The summed E-state index contributed by atoms with van der Waals surface area (Å²) in [5, 5.41) is 9.23. The van der Waals surface area contributed by atoms with Crippen molar-refractivity contribution >= 4 is 22.6 Å². The first kappa shape index (κ1) is 18.7. The monoisotopic (exact) mass is 393 g/mol. The molecule has 1 aliphatic carbocycles. The van der Waals surface area contributed by atoms with Crippen LogP contribution >= 0.6 is 0 Å². The molecule has 9 heteroatoms. The number of carboxylic acid groups (broad SMARTS) is 1. The molecule has 1 N–H and O–H groups in total. The number of methoxy groups -OCH3 is 1. The van der Waals surface area contributed by atoms with Crippen LogP contribution in [0.15, 0.2) is 17.1 Å². The number of alkyl halides is 1. The van der Waals surface area contributed by atoms with Crippen LogP contribution in [0.25, 0.3) is 10.9 Å². The third-order valence-electron chi connectivity index (χ3n) is 5.49. The average Bonchev–Trinajstić information content (AvgIpc) is 3.38. The summed E-state index contributed by atoms with van der Waals surface area (Å²) in [6, 6.07) is 0.452. The predicted molar refractivity (Wildman–Crippen MR) is 99.9 cm³/mol. The number of aromatic carboxylic acids is 1. The first-order chi connectivity index (χ1) is 13.3. The SMILES string of the molecule is COc1c(N2CCN(C)CC2)c(F)cc2c(=O)c(C(=O)O)cn([C@H]3C[C@@H]3F)c12. The van der Waals surface area contributed by atoms with Crippen molar-refractivity contribution in [1.82, 2.24) is 9.47 Å². The van der Waals surface area contributed by atoms with Crippen molar-refractivity contribution in [3.8, 4) is 5.75 Å². The van der Waals surface area contributed by atoms with E-state index in [1.165, 1.54) is 11.7 Å². The van der Waals surface area contributed by atoms with E-state index in [-0.39, 0.29) is 28.8 Å². The molecule has 2 aromatic rings. The molecule has 0 radical (unpaired) electrons. The highest BCUT2D eigenvalue weighted by atomic mass is 19.1. The minimum Gasteiger partial charge on any atom is -0.492 e. The molecule has 2 heterocycles. The van der Waals surface area contributed by atoms with E-state index in [1.54, 1.807) is 0 Å². The summed E-state index contributed by atoms with van der Waals surface area (Å²) in [7, 11) is 3.35. The first-order valence-electron chi connectivity index (χ1n) is 9.09. The van der Waals surface area contributed by atoms with Crippen LogP contribution in [0.1, 0.15) is 22.8 Å². The number of pyridine rings is 1. The number of likely N-dealkylation sites (N-methyl/N-ethyl adjacent to an activating group) is 1. The molecule has 2 aliphatic rings. The van der Waals surface area contributed by atoms with Crippen molar-refractivity contribution < 1.29 is 23.4 Å². The third kappa shape index (κ3) is 2.90. The van der Waals surface area contributed by atoms with Crippen molar-refractivity contribution in [2.45, 2.75) is 18.6 Å². The smallest absolute Gasteiger partial charge is 0.341 e. The highest BCUT2D eigenvalue weighted by Gasteiger charge is 2.41. The molecule has 150 valence electrons. The van der Waals surface area contributed by atoms with Gasteiger partial charge in [0.05, 0.1) is 24.1 Å². The van der Waals surface area contributed by atoms with Crippen LogP contribution in [0.3, 0.4) is 0 Å². The van der Waals surface area contributed by atoms with Gasteiger partial charge < -0.3 is 24.2 Å². The zero-order valence-corrected chi connectivity index (χ0v) is 15.6. The van der Waals surface area contributed by atoms with E-state index < -0.39 is 35.0 Å². The number of benzene rings is 1. The molecule has 1 aromatic carbocycles. The van der Waals surface area contributed by atoms with E-state index in [4.69, 9.17) is 4.74 Å². The summed E-state index contributed by atoms with van der Waals surface area (Å²) in [6.07, 6.45) is 0.210. The normalized spacial score (nSPS) is 22.5. The largest absolute Gasteiger partial charge is 0.492 e. The summed E-state index contributed by atoms with van der Waals surface area (Å²) in [4.78, 5) is 28.1. The van der Waals surface area contributed by atoms with Gasteiger partial charge in [-0.1, -0.05) is 0 Å². The van der Waals surface area contributed by atoms with Gasteiger partial charge >= 0.3 is 5.97 Å².